The van der Waals surface area contributed by atoms with Gasteiger partial charge >= 0.3 is 0 Å². The molecule has 4 nitrogen and oxygen atoms in total. The first-order valence-electron chi connectivity index (χ1n) is 8.24. The predicted molar refractivity (Wildman–Crippen MR) is 94.5 cm³/mol. The third-order valence-electron chi connectivity index (χ3n) is 5.47. The summed E-state index contributed by atoms with van der Waals surface area (Å²) in [6, 6.07) is 14.0. The van der Waals surface area contributed by atoms with Crippen molar-refractivity contribution in [2.45, 2.75) is 25.7 Å². The van der Waals surface area contributed by atoms with Crippen LogP contribution >= 0.6 is 0 Å². The minimum absolute atomic E-state index is 0.0646. The Balaban J connectivity index is 1.85. The molecule has 2 aliphatic rings. The van der Waals surface area contributed by atoms with Gasteiger partial charge in [-0.1, -0.05) is 30.3 Å². The fraction of sp³-hybridized carbons (Fsp3) is 0.300. The molecule has 1 unspecified atom stereocenters. The number of hydrogen-bond donors (Lipinski definition) is 0. The standard InChI is InChI=1S/C20H20N2O2/c1-13(23)22-11-10-14-12-15(8-9-17(14)22)20(2)16-6-4-5-7-18(16)21(3)19(20)24/h4-9,12H,10-11H2,1-3H3. The number of amides is 2. The Morgan fingerprint density at radius 2 is 1.88 bits per heavy atom. The Kier molecular flexibility index (Phi) is 3.07. The van der Waals surface area contributed by atoms with Gasteiger partial charge < -0.3 is 9.80 Å². The number of rotatable bonds is 1. The van der Waals surface area contributed by atoms with Gasteiger partial charge in [0.05, 0.1) is 5.41 Å². The van der Waals surface area contributed by atoms with E-state index in [9.17, 15) is 9.59 Å². The lowest BCUT2D eigenvalue weighted by Gasteiger charge is -2.25. The summed E-state index contributed by atoms with van der Waals surface area (Å²) in [6.45, 7) is 4.31. The second-order valence-electron chi connectivity index (χ2n) is 6.77. The molecular formula is C20H20N2O2. The topological polar surface area (TPSA) is 40.6 Å². The molecule has 2 aromatic carbocycles. The normalized spacial score (nSPS) is 21.9. The lowest BCUT2D eigenvalue weighted by molar-refractivity contribution is -0.121. The number of likely N-dealkylation sites (N-methyl/N-ethyl adjacent to an activating group) is 1. The molecule has 0 bridgehead atoms. The summed E-state index contributed by atoms with van der Waals surface area (Å²) in [5.74, 6) is 0.153. The molecule has 4 heteroatoms. The third-order valence-corrected chi connectivity index (χ3v) is 5.47. The van der Waals surface area contributed by atoms with Crippen LogP contribution in [-0.2, 0) is 21.4 Å². The van der Waals surface area contributed by atoms with Gasteiger partial charge in [0.25, 0.3) is 0 Å². The van der Waals surface area contributed by atoms with E-state index in [2.05, 4.69) is 6.07 Å². The lowest BCUT2D eigenvalue weighted by Crippen LogP contribution is -2.37. The number of benzene rings is 2. The molecule has 0 saturated heterocycles. The maximum atomic E-state index is 13.0. The van der Waals surface area contributed by atoms with E-state index in [1.165, 1.54) is 0 Å². The van der Waals surface area contributed by atoms with Crippen molar-refractivity contribution in [2.75, 3.05) is 23.4 Å². The van der Waals surface area contributed by atoms with Crippen molar-refractivity contribution >= 4 is 23.2 Å². The molecule has 0 fully saturated rings. The van der Waals surface area contributed by atoms with Gasteiger partial charge in [-0.05, 0) is 42.2 Å². The zero-order chi connectivity index (χ0) is 17.1. The Bertz CT molecular complexity index is 874. The first kappa shape index (κ1) is 14.9. The number of para-hydroxylation sites is 1. The quantitative estimate of drug-likeness (QED) is 0.810. The summed E-state index contributed by atoms with van der Waals surface area (Å²) in [6.07, 6.45) is 0.838. The van der Waals surface area contributed by atoms with E-state index < -0.39 is 5.41 Å². The van der Waals surface area contributed by atoms with Crippen molar-refractivity contribution in [2.24, 2.45) is 0 Å². The molecule has 0 aromatic heterocycles. The first-order chi connectivity index (χ1) is 11.4. The summed E-state index contributed by atoms with van der Waals surface area (Å²) < 4.78 is 0. The van der Waals surface area contributed by atoms with Gasteiger partial charge in [-0.25, -0.2) is 0 Å². The number of carbonyl (C=O) groups is 2. The first-order valence-corrected chi connectivity index (χ1v) is 8.24. The maximum absolute atomic E-state index is 13.0. The smallest absolute Gasteiger partial charge is 0.241 e. The molecule has 0 radical (unpaired) electrons. The average molecular weight is 320 g/mol. The SMILES string of the molecule is CC(=O)N1CCc2cc(C3(C)C(=O)N(C)c4ccccc43)ccc21. The maximum Gasteiger partial charge on any atom is 0.241 e. The van der Waals surface area contributed by atoms with Crippen LogP contribution in [0.2, 0.25) is 0 Å². The van der Waals surface area contributed by atoms with Crippen LogP contribution in [0.25, 0.3) is 0 Å². The van der Waals surface area contributed by atoms with Crippen LogP contribution in [0, 0.1) is 0 Å². The zero-order valence-corrected chi connectivity index (χ0v) is 14.2. The van der Waals surface area contributed by atoms with Crippen LogP contribution in [0.1, 0.15) is 30.5 Å². The highest BCUT2D eigenvalue weighted by Crippen LogP contribution is 2.46. The molecule has 0 spiro atoms. The molecule has 24 heavy (non-hydrogen) atoms. The van der Waals surface area contributed by atoms with Gasteiger partial charge in [-0.2, -0.15) is 0 Å². The summed E-state index contributed by atoms with van der Waals surface area (Å²) >= 11 is 0. The van der Waals surface area contributed by atoms with E-state index in [0.29, 0.717) is 0 Å². The van der Waals surface area contributed by atoms with E-state index in [-0.39, 0.29) is 11.8 Å². The molecule has 0 saturated carbocycles. The molecule has 4 rings (SSSR count). The van der Waals surface area contributed by atoms with Crippen molar-refractivity contribution < 1.29 is 9.59 Å². The summed E-state index contributed by atoms with van der Waals surface area (Å²) in [5.41, 5.74) is 4.44. The second kappa shape index (κ2) is 4.94. The van der Waals surface area contributed by atoms with Crippen LogP contribution in [0.15, 0.2) is 42.5 Å². The van der Waals surface area contributed by atoms with Crippen molar-refractivity contribution in [1.82, 2.24) is 0 Å². The molecule has 122 valence electrons. The fourth-order valence-electron chi connectivity index (χ4n) is 4.07. The lowest BCUT2D eigenvalue weighted by atomic mass is 9.76. The second-order valence-corrected chi connectivity index (χ2v) is 6.77. The summed E-state index contributed by atoms with van der Waals surface area (Å²) in [7, 11) is 1.83. The monoisotopic (exact) mass is 320 g/mol. The summed E-state index contributed by atoms with van der Waals surface area (Å²) in [5, 5.41) is 0. The van der Waals surface area contributed by atoms with Crippen molar-refractivity contribution in [3.05, 3.63) is 59.2 Å². The molecule has 2 heterocycles. The Morgan fingerprint density at radius 1 is 1.12 bits per heavy atom. The van der Waals surface area contributed by atoms with Gasteiger partial charge in [0.1, 0.15) is 0 Å². The number of fused-ring (bicyclic) bond motifs is 2. The molecule has 2 amide bonds. The highest BCUT2D eigenvalue weighted by molar-refractivity contribution is 6.10. The molecule has 1 atom stereocenters. The fourth-order valence-corrected chi connectivity index (χ4v) is 4.07. The van der Waals surface area contributed by atoms with E-state index in [4.69, 9.17) is 0 Å². The molecule has 2 aliphatic heterocycles. The summed E-state index contributed by atoms with van der Waals surface area (Å²) in [4.78, 5) is 28.3. The van der Waals surface area contributed by atoms with Crippen LogP contribution in [0.3, 0.4) is 0 Å². The minimum Gasteiger partial charge on any atom is -0.314 e. The van der Waals surface area contributed by atoms with Gasteiger partial charge in [-0.3, -0.25) is 9.59 Å². The van der Waals surface area contributed by atoms with Crippen LogP contribution in [0.5, 0.6) is 0 Å². The van der Waals surface area contributed by atoms with Crippen molar-refractivity contribution in [3.8, 4) is 0 Å². The Morgan fingerprint density at radius 3 is 2.62 bits per heavy atom. The number of hydrogen-bond acceptors (Lipinski definition) is 2. The molecule has 0 aliphatic carbocycles. The highest BCUT2D eigenvalue weighted by Gasteiger charge is 2.47. The van der Waals surface area contributed by atoms with Gasteiger partial charge in [-0.15, -0.1) is 0 Å². The van der Waals surface area contributed by atoms with Gasteiger partial charge in [0.2, 0.25) is 11.8 Å². The highest BCUT2D eigenvalue weighted by atomic mass is 16.2. The molecular weight excluding hydrogens is 300 g/mol. The number of anilines is 2. The zero-order valence-electron chi connectivity index (χ0n) is 14.2. The van der Waals surface area contributed by atoms with Crippen LogP contribution in [-0.4, -0.2) is 25.4 Å². The van der Waals surface area contributed by atoms with E-state index >= 15 is 0 Å². The molecule has 2 aromatic rings. The predicted octanol–water partition coefficient (Wildman–Crippen LogP) is 2.88. The Hall–Kier alpha value is -2.62. The third kappa shape index (κ3) is 1.80. The Labute approximate surface area is 141 Å². The number of nitrogens with zero attached hydrogens (tertiary/aromatic N) is 2. The van der Waals surface area contributed by atoms with Crippen molar-refractivity contribution in [1.29, 1.82) is 0 Å². The largest absolute Gasteiger partial charge is 0.314 e. The average Bonchev–Trinajstić information content (AvgIpc) is 3.10. The number of carbonyl (C=O) groups excluding carboxylic acids is 2. The van der Waals surface area contributed by atoms with Crippen LogP contribution in [0.4, 0.5) is 11.4 Å². The molecule has 0 N–H and O–H groups in total. The van der Waals surface area contributed by atoms with E-state index in [0.717, 1.165) is 41.0 Å². The van der Waals surface area contributed by atoms with E-state index in [1.54, 1.807) is 16.7 Å². The van der Waals surface area contributed by atoms with Gasteiger partial charge in [0.15, 0.2) is 0 Å². The van der Waals surface area contributed by atoms with E-state index in [1.807, 2.05) is 50.4 Å². The minimum atomic E-state index is -0.677. The van der Waals surface area contributed by atoms with Gasteiger partial charge in [0, 0.05) is 31.9 Å². The van der Waals surface area contributed by atoms with Crippen molar-refractivity contribution in [3.63, 3.8) is 0 Å². The van der Waals surface area contributed by atoms with Crippen LogP contribution < -0.4 is 9.80 Å².